The van der Waals surface area contributed by atoms with Gasteiger partial charge in [-0.15, -0.1) is 0 Å². The van der Waals surface area contributed by atoms with Crippen molar-refractivity contribution in [2.24, 2.45) is 4.99 Å². The maximum Gasteiger partial charge on any atom is 0.239 e. The Bertz CT molecular complexity index is 1320. The van der Waals surface area contributed by atoms with Crippen LogP contribution in [0.5, 0.6) is 0 Å². The number of anilines is 1. The second-order valence-corrected chi connectivity index (χ2v) is 11.0. The Morgan fingerprint density at radius 2 is 1.58 bits per heavy atom. The van der Waals surface area contributed by atoms with E-state index in [4.69, 9.17) is 38.0 Å². The Morgan fingerprint density at radius 1 is 0.935 bits per heavy atom. The molecule has 4 aromatic rings. The van der Waals surface area contributed by atoms with Crippen LogP contribution < -0.4 is 10.4 Å². The summed E-state index contributed by atoms with van der Waals surface area (Å²) in [4.78, 5) is 4.85. The van der Waals surface area contributed by atoms with Gasteiger partial charge in [0.2, 0.25) is 12.3 Å². The fourth-order valence-electron chi connectivity index (χ4n) is 3.46. The molecule has 0 amide bonds. The second-order valence-electron chi connectivity index (χ2n) is 7.05. The van der Waals surface area contributed by atoms with Gasteiger partial charge in [-0.3, -0.25) is 0 Å². The molecule has 1 atom stereocenters. The number of fused-ring (bicyclic) bond motifs is 1. The number of nitrogens with one attached hydrogen (secondary N) is 1. The van der Waals surface area contributed by atoms with Crippen LogP contribution in [-0.4, -0.2) is 15.7 Å². The van der Waals surface area contributed by atoms with Gasteiger partial charge >= 0.3 is 0 Å². The van der Waals surface area contributed by atoms with Crippen LogP contribution >= 0.6 is 18.0 Å². The normalized spacial score (nSPS) is 17.4. The number of aryl methyl sites for hydroxylation is 1. The Morgan fingerprint density at radius 3 is 2.26 bits per heavy atom. The maximum absolute atomic E-state index is 6.43. The smallest absolute Gasteiger partial charge is 0.239 e. The van der Waals surface area contributed by atoms with Gasteiger partial charge < -0.3 is 9.61 Å². The van der Waals surface area contributed by atoms with Gasteiger partial charge in [0.1, 0.15) is 5.30 Å². The van der Waals surface area contributed by atoms with Crippen LogP contribution in [0, 0.1) is 6.92 Å². The van der Waals surface area contributed by atoms with Crippen molar-refractivity contribution in [3.63, 3.8) is 0 Å². The highest BCUT2D eigenvalue weighted by atomic mass is 35.5. The zero-order valence-electron chi connectivity index (χ0n) is 16.6. The van der Waals surface area contributed by atoms with E-state index in [0.717, 1.165) is 27.9 Å². The number of halogens is 1. The monoisotopic (exact) mass is 464 g/mol. The lowest BCUT2D eigenvalue weighted by Gasteiger charge is -2.29. The van der Waals surface area contributed by atoms with E-state index in [0.29, 0.717) is 16.7 Å². The zero-order chi connectivity index (χ0) is 21.4. The van der Waals surface area contributed by atoms with E-state index in [-0.39, 0.29) is 0 Å². The van der Waals surface area contributed by atoms with Crippen LogP contribution in [0.3, 0.4) is 0 Å². The van der Waals surface area contributed by atoms with E-state index in [2.05, 4.69) is 5.09 Å². The van der Waals surface area contributed by atoms with Crippen molar-refractivity contribution in [3.05, 3.63) is 101 Å². The molecule has 154 valence electrons. The fraction of sp³-hybridized carbons (Fsp3) is 0.0435. The summed E-state index contributed by atoms with van der Waals surface area (Å²) in [7, 11) is 0. The van der Waals surface area contributed by atoms with Gasteiger partial charge in [0.15, 0.2) is 5.82 Å². The van der Waals surface area contributed by atoms with Crippen LogP contribution in [-0.2, 0) is 16.3 Å². The van der Waals surface area contributed by atoms with Gasteiger partial charge in [0.25, 0.3) is 0 Å². The van der Waals surface area contributed by atoms with Crippen molar-refractivity contribution < 1.29 is 4.52 Å². The zero-order valence-corrected chi connectivity index (χ0v) is 19.0. The van der Waals surface area contributed by atoms with Crippen molar-refractivity contribution in [3.8, 4) is 5.69 Å². The maximum atomic E-state index is 6.43. The van der Waals surface area contributed by atoms with E-state index in [9.17, 15) is 0 Å². The topological polar surface area (TPSA) is 51.4 Å². The van der Waals surface area contributed by atoms with Crippen LogP contribution in [0.2, 0.25) is 5.02 Å². The van der Waals surface area contributed by atoms with Crippen molar-refractivity contribution in [2.45, 2.75) is 6.92 Å². The summed E-state index contributed by atoms with van der Waals surface area (Å²) < 4.78 is 8.26. The van der Waals surface area contributed by atoms with Crippen molar-refractivity contribution in [2.75, 3.05) is 5.09 Å². The second kappa shape index (κ2) is 7.97. The van der Waals surface area contributed by atoms with Crippen molar-refractivity contribution in [1.82, 2.24) is 9.78 Å². The number of benzene rings is 3. The average molecular weight is 465 g/mol. The molecule has 0 fully saturated rings. The largest absolute Gasteiger partial charge is 0.426 e. The molecule has 1 aliphatic heterocycles. The van der Waals surface area contributed by atoms with Crippen molar-refractivity contribution >= 4 is 52.5 Å². The molecule has 3 aromatic carbocycles. The number of rotatable bonds is 4. The van der Waals surface area contributed by atoms with Crippen LogP contribution in [0.25, 0.3) is 5.69 Å². The summed E-state index contributed by atoms with van der Waals surface area (Å²) in [6.45, 7) is 1.94. The number of aliphatic imine (C=N–C) groups is 1. The summed E-state index contributed by atoms with van der Waals surface area (Å²) >= 11 is 12.2. The minimum atomic E-state index is -2.76. The lowest BCUT2D eigenvalue weighted by molar-refractivity contribution is 0.618. The molecule has 8 heteroatoms. The molecule has 0 saturated heterocycles. The number of hydrogen-bond acceptors (Lipinski definition) is 4. The molecule has 5 rings (SSSR count). The predicted molar refractivity (Wildman–Crippen MR) is 131 cm³/mol. The highest BCUT2D eigenvalue weighted by Gasteiger charge is 2.37. The molecule has 0 radical (unpaired) electrons. The Kier molecular flexibility index (Phi) is 5.14. The molecule has 0 spiro atoms. The van der Waals surface area contributed by atoms with Gasteiger partial charge in [0.05, 0.1) is 11.4 Å². The van der Waals surface area contributed by atoms with Gasteiger partial charge in [-0.2, -0.15) is 10.1 Å². The van der Waals surface area contributed by atoms with E-state index < -0.39 is 6.42 Å². The third-order valence-electron chi connectivity index (χ3n) is 4.86. The standard InChI is InChI=1S/C23H18ClN4OPS/c1-16-21-22(28(26-16)20-10-6-3-7-11-20)25-23(17-12-14-18(24)15-13-17)29-30(21,31)27-19-8-4-2-5-9-19/h2-15H,1H3,(H,27,31). The predicted octanol–water partition coefficient (Wildman–Crippen LogP) is 5.99. The minimum Gasteiger partial charge on any atom is -0.426 e. The molecule has 1 N–H and O–H groups in total. The minimum absolute atomic E-state index is 0.452. The quantitative estimate of drug-likeness (QED) is 0.377. The first-order valence-corrected chi connectivity index (χ1v) is 12.8. The van der Waals surface area contributed by atoms with E-state index >= 15 is 0 Å². The van der Waals surface area contributed by atoms with Gasteiger partial charge in [-0.1, -0.05) is 48.0 Å². The fourth-order valence-corrected chi connectivity index (χ4v) is 6.76. The highest BCUT2D eigenvalue weighted by molar-refractivity contribution is 8.16. The number of aromatic nitrogens is 2. The molecular weight excluding hydrogens is 447 g/mol. The summed E-state index contributed by atoms with van der Waals surface area (Å²) in [6, 6.07) is 27.1. The van der Waals surface area contributed by atoms with Crippen LogP contribution in [0.1, 0.15) is 11.3 Å². The van der Waals surface area contributed by atoms with Gasteiger partial charge in [0, 0.05) is 16.3 Å². The molecule has 0 bridgehead atoms. The third-order valence-corrected chi connectivity index (χ3v) is 8.26. The number of hydrogen-bond donors (Lipinski definition) is 1. The molecule has 1 aromatic heterocycles. The van der Waals surface area contributed by atoms with E-state index in [1.807, 2.05) is 96.5 Å². The summed E-state index contributed by atoms with van der Waals surface area (Å²) in [5.74, 6) is 1.14. The molecule has 31 heavy (non-hydrogen) atoms. The molecular formula is C23H18ClN4OPS. The molecule has 0 saturated carbocycles. The Balaban J connectivity index is 1.71. The molecule has 2 heterocycles. The van der Waals surface area contributed by atoms with E-state index in [1.165, 1.54) is 0 Å². The highest BCUT2D eigenvalue weighted by Crippen LogP contribution is 2.53. The molecule has 0 aliphatic carbocycles. The SMILES string of the molecule is Cc1nn(-c2ccccc2)c2c1P(=S)(Nc1ccccc1)OC(c1ccc(Cl)cc1)=N2. The van der Waals surface area contributed by atoms with Crippen LogP contribution in [0.4, 0.5) is 11.5 Å². The first-order chi connectivity index (χ1) is 15.0. The third kappa shape index (κ3) is 3.79. The number of nitrogens with zero attached hydrogens (tertiary/aromatic N) is 3. The van der Waals surface area contributed by atoms with Gasteiger partial charge in [-0.25, -0.2) is 4.68 Å². The van der Waals surface area contributed by atoms with Crippen LogP contribution in [0.15, 0.2) is 89.9 Å². The summed E-state index contributed by atoms with van der Waals surface area (Å²) in [6.07, 6.45) is -2.76. The van der Waals surface area contributed by atoms with E-state index in [1.54, 1.807) is 0 Å². The summed E-state index contributed by atoms with van der Waals surface area (Å²) in [5.41, 5.74) is 3.40. The Hall–Kier alpha value is -2.92. The van der Waals surface area contributed by atoms with Crippen molar-refractivity contribution in [1.29, 1.82) is 0 Å². The molecule has 5 nitrogen and oxygen atoms in total. The molecule has 1 aliphatic rings. The summed E-state index contributed by atoms with van der Waals surface area (Å²) in [5, 5.41) is 9.72. The first-order valence-electron chi connectivity index (χ1n) is 9.67. The lowest BCUT2D eigenvalue weighted by Crippen LogP contribution is -2.23. The lowest BCUT2D eigenvalue weighted by atomic mass is 10.2. The van der Waals surface area contributed by atoms with Gasteiger partial charge in [-0.05, 0) is 67.3 Å². The average Bonchev–Trinajstić information content (AvgIpc) is 3.12. The Labute approximate surface area is 190 Å². The first kappa shape index (κ1) is 20.0. The molecule has 1 unspecified atom stereocenters. The number of para-hydroxylation sites is 2.